The molecule has 1 atom stereocenters. The third-order valence-corrected chi connectivity index (χ3v) is 7.17. The van der Waals surface area contributed by atoms with Crippen molar-refractivity contribution in [3.05, 3.63) is 58.0 Å². The lowest BCUT2D eigenvalue weighted by Gasteiger charge is -2.40. The van der Waals surface area contributed by atoms with Gasteiger partial charge in [-0.1, -0.05) is 12.1 Å². The number of rotatable bonds is 3. The molecule has 1 aromatic carbocycles. The van der Waals surface area contributed by atoms with Gasteiger partial charge in [-0.25, -0.2) is 9.97 Å². The molecule has 2 saturated heterocycles. The summed E-state index contributed by atoms with van der Waals surface area (Å²) in [6, 6.07) is 10.2. The van der Waals surface area contributed by atoms with E-state index in [-0.39, 0.29) is 17.4 Å². The number of fused-ring (bicyclic) bond motifs is 1. The van der Waals surface area contributed by atoms with E-state index in [4.69, 9.17) is 0 Å². The van der Waals surface area contributed by atoms with Crippen LogP contribution < -0.4 is 15.4 Å². The van der Waals surface area contributed by atoms with E-state index in [0.29, 0.717) is 23.5 Å². The number of nitrogens with zero attached hydrogens (tertiary/aromatic N) is 6. The number of pyridine rings is 1. The van der Waals surface area contributed by atoms with Crippen LogP contribution in [0.3, 0.4) is 0 Å². The van der Waals surface area contributed by atoms with Gasteiger partial charge in [0.05, 0.1) is 5.92 Å². The fourth-order valence-corrected chi connectivity index (χ4v) is 5.21. The fraction of sp³-hybridized carbons (Fsp3) is 0.462. The molecule has 0 unspecified atom stereocenters. The number of carbonyl (C=O) groups is 1. The van der Waals surface area contributed by atoms with Crippen LogP contribution in [-0.2, 0) is 11.8 Å². The molecule has 0 bridgehead atoms. The first-order valence-corrected chi connectivity index (χ1v) is 12.1. The van der Waals surface area contributed by atoms with Crippen molar-refractivity contribution < 1.29 is 4.79 Å². The molecule has 0 saturated carbocycles. The molecular weight excluding hydrogens is 428 g/mol. The summed E-state index contributed by atoms with van der Waals surface area (Å²) in [6.07, 6.45) is 3.38. The molecule has 0 radical (unpaired) electrons. The molecule has 2 aliphatic heterocycles. The summed E-state index contributed by atoms with van der Waals surface area (Å²) in [5.41, 5.74) is 4.89. The molecule has 8 nitrogen and oxygen atoms in total. The first kappa shape index (κ1) is 22.4. The predicted molar refractivity (Wildman–Crippen MR) is 134 cm³/mol. The maximum Gasteiger partial charge on any atom is 0.294 e. The Balaban J connectivity index is 1.28. The average molecular weight is 461 g/mol. The Labute approximate surface area is 199 Å². The van der Waals surface area contributed by atoms with Gasteiger partial charge in [-0.05, 0) is 56.0 Å². The van der Waals surface area contributed by atoms with E-state index in [1.54, 1.807) is 17.8 Å². The molecule has 0 N–H and O–H groups in total. The Bertz CT molecular complexity index is 1280. The zero-order valence-corrected chi connectivity index (χ0v) is 20.2. The summed E-state index contributed by atoms with van der Waals surface area (Å²) < 4.78 is 1.55. The summed E-state index contributed by atoms with van der Waals surface area (Å²) in [5, 5.41) is 0. The van der Waals surface area contributed by atoms with Crippen LogP contribution in [0.25, 0.3) is 11.2 Å². The number of carbonyl (C=O) groups excluding carboxylic acids is 1. The summed E-state index contributed by atoms with van der Waals surface area (Å²) in [4.78, 5) is 41.7. The van der Waals surface area contributed by atoms with Crippen molar-refractivity contribution in [1.29, 1.82) is 0 Å². The number of aromatic nitrogens is 3. The van der Waals surface area contributed by atoms with Crippen LogP contribution in [0.4, 0.5) is 11.5 Å². The zero-order valence-electron chi connectivity index (χ0n) is 20.2. The molecule has 0 spiro atoms. The van der Waals surface area contributed by atoms with E-state index in [2.05, 4.69) is 46.9 Å². The summed E-state index contributed by atoms with van der Waals surface area (Å²) in [6.45, 7) is 8.66. The van der Waals surface area contributed by atoms with Gasteiger partial charge >= 0.3 is 0 Å². The second-order valence-corrected chi connectivity index (χ2v) is 9.53. The van der Waals surface area contributed by atoms with Gasteiger partial charge in [0.2, 0.25) is 5.91 Å². The minimum absolute atomic E-state index is 0.114. The lowest BCUT2D eigenvalue weighted by molar-refractivity contribution is -0.136. The van der Waals surface area contributed by atoms with E-state index >= 15 is 0 Å². The van der Waals surface area contributed by atoms with Gasteiger partial charge in [0.1, 0.15) is 5.52 Å². The highest BCUT2D eigenvalue weighted by Gasteiger charge is 2.32. The largest absolute Gasteiger partial charge is 0.368 e. The molecule has 1 amide bonds. The van der Waals surface area contributed by atoms with Crippen LogP contribution in [0.2, 0.25) is 0 Å². The van der Waals surface area contributed by atoms with Crippen molar-refractivity contribution in [2.24, 2.45) is 13.0 Å². The number of amides is 1. The van der Waals surface area contributed by atoms with Crippen LogP contribution in [0.5, 0.6) is 0 Å². The second-order valence-electron chi connectivity index (χ2n) is 9.53. The molecule has 5 rings (SSSR count). The van der Waals surface area contributed by atoms with Crippen molar-refractivity contribution in [2.45, 2.75) is 26.7 Å². The summed E-state index contributed by atoms with van der Waals surface area (Å²) >= 11 is 0. The van der Waals surface area contributed by atoms with Crippen LogP contribution in [0.15, 0.2) is 41.3 Å². The molecule has 3 aromatic rings. The molecule has 2 fully saturated rings. The van der Waals surface area contributed by atoms with E-state index in [0.717, 1.165) is 45.6 Å². The summed E-state index contributed by atoms with van der Waals surface area (Å²) in [7, 11) is 1.73. The Morgan fingerprint density at radius 2 is 1.82 bits per heavy atom. The number of anilines is 2. The minimum Gasteiger partial charge on any atom is -0.368 e. The van der Waals surface area contributed by atoms with E-state index in [1.807, 2.05) is 21.9 Å². The molecule has 4 heterocycles. The van der Waals surface area contributed by atoms with Crippen molar-refractivity contribution in [2.75, 3.05) is 49.1 Å². The van der Waals surface area contributed by atoms with Crippen LogP contribution in [0, 0.1) is 19.8 Å². The maximum atomic E-state index is 13.4. The standard InChI is InChI=1S/C26H32N6O2/c1-18-8-9-19(2)22(16-18)30-12-14-31(15-13-30)25(33)20-6-5-11-32(17-20)24-26(34)29(3)23-21(28-24)7-4-10-27-23/h4,7-10,16,20H,5-6,11-15,17H2,1-3H3/t20-/m0/s1. The van der Waals surface area contributed by atoms with Crippen LogP contribution in [-0.4, -0.2) is 64.6 Å². The van der Waals surface area contributed by atoms with E-state index in [9.17, 15) is 9.59 Å². The van der Waals surface area contributed by atoms with Crippen molar-refractivity contribution in [3.63, 3.8) is 0 Å². The SMILES string of the molecule is Cc1ccc(C)c(N2CCN(C(=O)[C@H]3CCCN(c4nc5cccnc5n(C)c4=O)C3)CC2)c1. The number of hydrogen-bond acceptors (Lipinski definition) is 6. The van der Waals surface area contributed by atoms with Crippen molar-refractivity contribution >= 4 is 28.6 Å². The third kappa shape index (κ3) is 4.13. The number of aryl methyl sites for hydroxylation is 3. The normalized spacial score (nSPS) is 19.0. The van der Waals surface area contributed by atoms with Crippen molar-refractivity contribution in [1.82, 2.24) is 19.4 Å². The molecule has 34 heavy (non-hydrogen) atoms. The highest BCUT2D eigenvalue weighted by atomic mass is 16.2. The average Bonchev–Trinajstić information content (AvgIpc) is 2.87. The lowest BCUT2D eigenvalue weighted by atomic mass is 9.96. The monoisotopic (exact) mass is 460 g/mol. The predicted octanol–water partition coefficient (Wildman–Crippen LogP) is 2.51. The Morgan fingerprint density at radius 3 is 2.62 bits per heavy atom. The molecule has 2 aromatic heterocycles. The Kier molecular flexibility index (Phi) is 5.98. The van der Waals surface area contributed by atoms with Gasteiger partial charge in [-0.15, -0.1) is 0 Å². The number of piperidine rings is 1. The van der Waals surface area contributed by atoms with E-state index in [1.165, 1.54) is 16.8 Å². The Morgan fingerprint density at radius 1 is 1.03 bits per heavy atom. The second kappa shape index (κ2) is 9.08. The first-order valence-electron chi connectivity index (χ1n) is 12.1. The van der Waals surface area contributed by atoms with Gasteiger partial charge in [0.15, 0.2) is 11.5 Å². The zero-order chi connectivity index (χ0) is 23.8. The minimum atomic E-state index is -0.165. The fourth-order valence-electron chi connectivity index (χ4n) is 5.21. The molecule has 178 valence electrons. The van der Waals surface area contributed by atoms with Gasteiger partial charge in [0, 0.05) is 58.2 Å². The third-order valence-electron chi connectivity index (χ3n) is 7.17. The first-order chi connectivity index (χ1) is 16.4. The van der Waals surface area contributed by atoms with Gasteiger partial charge in [0.25, 0.3) is 5.56 Å². The number of hydrogen-bond donors (Lipinski definition) is 0. The highest BCUT2D eigenvalue weighted by molar-refractivity contribution is 5.80. The number of piperazine rings is 1. The molecule has 2 aliphatic rings. The van der Waals surface area contributed by atoms with Gasteiger partial charge in [-0.2, -0.15) is 0 Å². The van der Waals surface area contributed by atoms with Crippen LogP contribution in [0.1, 0.15) is 24.0 Å². The van der Waals surface area contributed by atoms with Crippen LogP contribution >= 0.6 is 0 Å². The van der Waals surface area contributed by atoms with Gasteiger partial charge in [-0.3, -0.25) is 14.2 Å². The summed E-state index contributed by atoms with van der Waals surface area (Å²) in [5.74, 6) is 0.502. The van der Waals surface area contributed by atoms with Crippen molar-refractivity contribution in [3.8, 4) is 0 Å². The lowest BCUT2D eigenvalue weighted by Crippen LogP contribution is -2.53. The quantitative estimate of drug-likeness (QED) is 0.598. The van der Waals surface area contributed by atoms with Gasteiger partial charge < -0.3 is 14.7 Å². The smallest absolute Gasteiger partial charge is 0.294 e. The molecular formula is C26H32N6O2. The molecule has 8 heteroatoms. The Hall–Kier alpha value is -3.42. The number of benzene rings is 1. The van der Waals surface area contributed by atoms with E-state index < -0.39 is 0 Å². The topological polar surface area (TPSA) is 74.6 Å². The molecule has 0 aliphatic carbocycles. The maximum absolute atomic E-state index is 13.4. The highest BCUT2D eigenvalue weighted by Crippen LogP contribution is 2.26.